The van der Waals surface area contributed by atoms with Gasteiger partial charge in [-0.15, -0.1) is 0 Å². The summed E-state index contributed by atoms with van der Waals surface area (Å²) in [6.45, 7) is 0.682. The summed E-state index contributed by atoms with van der Waals surface area (Å²) in [5.74, 6) is 0.655. The van der Waals surface area contributed by atoms with Crippen LogP contribution in [0.4, 0.5) is 0 Å². The van der Waals surface area contributed by atoms with Crippen LogP contribution in [0.3, 0.4) is 0 Å². The number of methoxy groups -OCH3 is 1. The monoisotopic (exact) mass is 301 g/mol. The van der Waals surface area contributed by atoms with Gasteiger partial charge >= 0.3 is 0 Å². The zero-order valence-corrected chi connectivity index (χ0v) is 12.0. The van der Waals surface area contributed by atoms with E-state index in [2.05, 4.69) is 15.5 Å². The lowest BCUT2D eigenvalue weighted by Crippen LogP contribution is -2.23. The molecule has 7 nitrogen and oxygen atoms in total. The van der Waals surface area contributed by atoms with Gasteiger partial charge in [0.05, 0.1) is 25.0 Å². The highest BCUT2D eigenvalue weighted by Crippen LogP contribution is 2.19. The fraction of sp³-hybridized carbons (Fsp3) is 0.267. The molecule has 7 heteroatoms. The first-order valence-electron chi connectivity index (χ1n) is 6.83. The summed E-state index contributed by atoms with van der Waals surface area (Å²) >= 11 is 0. The maximum atomic E-state index is 12.2. The lowest BCUT2D eigenvalue weighted by atomic mass is 10.1. The number of hydrogen-bond donors (Lipinski definition) is 1. The molecule has 0 atom stereocenters. The van der Waals surface area contributed by atoms with Crippen molar-refractivity contribution in [3.63, 3.8) is 0 Å². The van der Waals surface area contributed by atoms with Gasteiger partial charge in [0, 0.05) is 18.9 Å². The van der Waals surface area contributed by atoms with Crippen molar-refractivity contribution in [1.29, 1.82) is 0 Å². The minimum Gasteiger partial charge on any atom is -0.464 e. The number of hydrogen-bond acceptors (Lipinski definition) is 6. The van der Waals surface area contributed by atoms with Crippen molar-refractivity contribution < 1.29 is 18.5 Å². The second-order valence-corrected chi connectivity index (χ2v) is 4.67. The molecule has 3 rings (SSSR count). The van der Waals surface area contributed by atoms with Gasteiger partial charge in [0.2, 0.25) is 5.89 Å². The number of para-hydroxylation sites is 1. The Hall–Kier alpha value is -2.67. The van der Waals surface area contributed by atoms with Crippen LogP contribution in [0.15, 0.2) is 39.5 Å². The topological polar surface area (TPSA) is 90.4 Å². The summed E-state index contributed by atoms with van der Waals surface area (Å²) in [4.78, 5) is 16.4. The maximum absolute atomic E-state index is 12.2. The van der Waals surface area contributed by atoms with Gasteiger partial charge in [-0.05, 0) is 12.1 Å². The van der Waals surface area contributed by atoms with Crippen LogP contribution in [0.5, 0.6) is 0 Å². The van der Waals surface area contributed by atoms with E-state index in [1.165, 1.54) is 0 Å². The van der Waals surface area contributed by atoms with Crippen molar-refractivity contribution in [2.75, 3.05) is 13.7 Å². The second-order valence-electron chi connectivity index (χ2n) is 4.67. The van der Waals surface area contributed by atoms with Crippen molar-refractivity contribution in [1.82, 2.24) is 15.5 Å². The molecule has 1 aromatic carbocycles. The van der Waals surface area contributed by atoms with Gasteiger partial charge < -0.3 is 19.0 Å². The molecule has 2 aromatic heterocycles. The minimum absolute atomic E-state index is 0.163. The second kappa shape index (κ2) is 6.40. The molecular formula is C15H15N3O4. The Morgan fingerprint density at radius 3 is 3.14 bits per heavy atom. The summed E-state index contributed by atoms with van der Waals surface area (Å²) in [7, 11) is 1.61. The molecule has 0 radical (unpaired) electrons. The molecule has 0 aliphatic heterocycles. The lowest BCUT2D eigenvalue weighted by molar-refractivity contribution is 0.0947. The predicted octanol–water partition coefficient (Wildman–Crippen LogP) is 1.93. The Bertz CT molecular complexity index is 778. The number of nitrogens with one attached hydrogen (secondary N) is 1. The number of furan rings is 1. The molecule has 1 amide bonds. The zero-order chi connectivity index (χ0) is 15.4. The van der Waals surface area contributed by atoms with Crippen molar-refractivity contribution >= 4 is 16.9 Å². The maximum Gasteiger partial charge on any atom is 0.255 e. The third-order valence-corrected chi connectivity index (χ3v) is 3.16. The number of carbonyl (C=O) groups excluding carboxylic acids is 1. The number of rotatable bonds is 6. The van der Waals surface area contributed by atoms with E-state index in [1.54, 1.807) is 19.4 Å². The molecule has 114 valence electrons. The smallest absolute Gasteiger partial charge is 0.255 e. The van der Waals surface area contributed by atoms with E-state index in [9.17, 15) is 4.79 Å². The van der Waals surface area contributed by atoms with Gasteiger partial charge in [-0.25, -0.2) is 0 Å². The molecule has 0 spiro atoms. The Morgan fingerprint density at radius 1 is 1.36 bits per heavy atom. The highest BCUT2D eigenvalue weighted by molar-refractivity contribution is 6.04. The molecule has 0 saturated carbocycles. The fourth-order valence-corrected chi connectivity index (χ4v) is 2.08. The Kier molecular flexibility index (Phi) is 4.15. The highest BCUT2D eigenvalue weighted by Gasteiger charge is 2.13. The molecule has 0 aliphatic rings. The van der Waals surface area contributed by atoms with Crippen LogP contribution in [0.25, 0.3) is 11.0 Å². The normalized spacial score (nSPS) is 11.0. The first-order chi connectivity index (χ1) is 10.8. The van der Waals surface area contributed by atoms with Gasteiger partial charge in [-0.1, -0.05) is 17.3 Å². The number of carbonyl (C=O) groups is 1. The van der Waals surface area contributed by atoms with Crippen LogP contribution in [-0.4, -0.2) is 29.8 Å². The molecule has 0 fully saturated rings. The number of ether oxygens (including phenoxy) is 1. The standard InChI is InChI=1S/C15H15N3O4/c1-20-7-6-12-17-13(22-18-12)9-16-15(19)11-4-2-3-10-5-8-21-14(10)11/h2-5,8H,6-7,9H2,1H3,(H,16,19). The summed E-state index contributed by atoms with van der Waals surface area (Å²) in [6.07, 6.45) is 2.13. The fourth-order valence-electron chi connectivity index (χ4n) is 2.08. The first-order valence-corrected chi connectivity index (χ1v) is 6.83. The number of nitrogens with zero attached hydrogens (tertiary/aromatic N) is 2. The van der Waals surface area contributed by atoms with E-state index < -0.39 is 0 Å². The Balaban J connectivity index is 1.65. The molecule has 0 bridgehead atoms. The van der Waals surface area contributed by atoms with E-state index in [4.69, 9.17) is 13.7 Å². The third-order valence-electron chi connectivity index (χ3n) is 3.16. The van der Waals surface area contributed by atoms with E-state index in [1.807, 2.05) is 18.2 Å². The molecule has 22 heavy (non-hydrogen) atoms. The summed E-state index contributed by atoms with van der Waals surface area (Å²) < 4.78 is 15.4. The Labute approximate surface area is 126 Å². The van der Waals surface area contributed by atoms with Crippen LogP contribution in [0.2, 0.25) is 0 Å². The third kappa shape index (κ3) is 2.99. The van der Waals surface area contributed by atoms with Gasteiger partial charge in [0.15, 0.2) is 5.82 Å². The quantitative estimate of drug-likeness (QED) is 0.748. The van der Waals surface area contributed by atoms with Crippen LogP contribution in [0, 0.1) is 0 Å². The molecule has 2 heterocycles. The number of benzene rings is 1. The van der Waals surface area contributed by atoms with Crippen LogP contribution in [-0.2, 0) is 17.7 Å². The van der Waals surface area contributed by atoms with Gasteiger partial charge in [-0.3, -0.25) is 4.79 Å². The SMILES string of the molecule is COCCc1noc(CNC(=O)c2cccc3ccoc23)n1. The molecular weight excluding hydrogens is 286 g/mol. The van der Waals surface area contributed by atoms with Crippen molar-refractivity contribution in [2.45, 2.75) is 13.0 Å². The van der Waals surface area contributed by atoms with E-state index in [0.717, 1.165) is 5.39 Å². The number of amides is 1. The molecule has 1 N–H and O–H groups in total. The van der Waals surface area contributed by atoms with Gasteiger partial charge in [-0.2, -0.15) is 4.98 Å². The van der Waals surface area contributed by atoms with E-state index in [-0.39, 0.29) is 12.5 Å². The largest absolute Gasteiger partial charge is 0.464 e. The number of aromatic nitrogens is 2. The van der Waals surface area contributed by atoms with Gasteiger partial charge in [0.25, 0.3) is 5.91 Å². The van der Waals surface area contributed by atoms with Gasteiger partial charge in [0.1, 0.15) is 5.58 Å². The van der Waals surface area contributed by atoms with Crippen LogP contribution < -0.4 is 5.32 Å². The average molecular weight is 301 g/mol. The molecule has 0 saturated heterocycles. The van der Waals surface area contributed by atoms with Crippen LogP contribution in [0.1, 0.15) is 22.1 Å². The Morgan fingerprint density at radius 2 is 2.27 bits per heavy atom. The van der Waals surface area contributed by atoms with E-state index in [0.29, 0.717) is 35.9 Å². The minimum atomic E-state index is -0.253. The molecule has 0 aliphatic carbocycles. The van der Waals surface area contributed by atoms with E-state index >= 15 is 0 Å². The summed E-state index contributed by atoms with van der Waals surface area (Å²) in [5, 5.41) is 7.43. The average Bonchev–Trinajstić information content (AvgIpc) is 3.19. The zero-order valence-electron chi connectivity index (χ0n) is 12.0. The van der Waals surface area contributed by atoms with Crippen molar-refractivity contribution in [3.8, 4) is 0 Å². The first kappa shape index (κ1) is 14.3. The summed E-state index contributed by atoms with van der Waals surface area (Å²) in [5.41, 5.74) is 1.04. The summed E-state index contributed by atoms with van der Waals surface area (Å²) in [6, 6.07) is 7.21. The molecule has 0 unspecified atom stereocenters. The molecule has 3 aromatic rings. The highest BCUT2D eigenvalue weighted by atomic mass is 16.5. The van der Waals surface area contributed by atoms with Crippen molar-refractivity contribution in [2.24, 2.45) is 0 Å². The van der Waals surface area contributed by atoms with Crippen molar-refractivity contribution in [3.05, 3.63) is 47.8 Å². The van der Waals surface area contributed by atoms with Crippen LogP contribution >= 0.6 is 0 Å². The predicted molar refractivity (Wildman–Crippen MR) is 77.3 cm³/mol. The lowest BCUT2D eigenvalue weighted by Gasteiger charge is -2.02. The number of fused-ring (bicyclic) bond motifs is 1.